The quantitative estimate of drug-likeness (QED) is 0.280. The average molecular weight is 524 g/mol. The Morgan fingerprint density at radius 2 is 1.87 bits per heavy atom. The van der Waals surface area contributed by atoms with Crippen LogP contribution in [0, 0.1) is 27.9 Å². The molecule has 0 radical (unpaired) electrons. The van der Waals surface area contributed by atoms with Gasteiger partial charge in [0.1, 0.15) is 5.54 Å². The molecule has 200 valence electrons. The lowest BCUT2D eigenvalue weighted by Crippen LogP contribution is -2.57. The lowest BCUT2D eigenvalue weighted by atomic mass is 9.72. The molecule has 0 aromatic heterocycles. The highest BCUT2D eigenvalue weighted by Gasteiger charge is 2.69. The van der Waals surface area contributed by atoms with Crippen LogP contribution in [0.2, 0.25) is 0 Å². The van der Waals surface area contributed by atoms with Gasteiger partial charge in [0, 0.05) is 23.7 Å². The average Bonchev–Trinajstić information content (AvgIpc) is 3.38. The first kappa shape index (κ1) is 25.7. The highest BCUT2D eigenvalue weighted by Crippen LogP contribution is 2.54. The highest BCUT2D eigenvalue weighted by molar-refractivity contribution is 6.24. The molecule has 2 aromatic rings. The molecule has 2 saturated heterocycles. The van der Waals surface area contributed by atoms with Crippen LogP contribution in [0.25, 0.3) is 0 Å². The van der Waals surface area contributed by atoms with Crippen molar-refractivity contribution >= 4 is 29.2 Å². The summed E-state index contributed by atoms with van der Waals surface area (Å²) >= 11 is 0. The topological polar surface area (TPSA) is 159 Å². The second-order valence-corrected chi connectivity index (χ2v) is 10.3. The molecule has 4 atom stereocenters. The third-order valence-electron chi connectivity index (χ3n) is 8.26. The van der Waals surface area contributed by atoms with E-state index in [9.17, 15) is 34.7 Å². The number of methoxy groups -OCH3 is 1. The SMILES string of the molecule is COc1cccc(C2NC(CC3CCCCC3)(C(=O)O)C3C(=O)N(c4cccc([N+](=O)[O-])c4)C(=O)C23)c1O. The van der Waals surface area contributed by atoms with Crippen molar-refractivity contribution in [1.82, 2.24) is 5.32 Å². The van der Waals surface area contributed by atoms with Crippen molar-refractivity contribution in [3.8, 4) is 11.5 Å². The van der Waals surface area contributed by atoms with Gasteiger partial charge in [-0.2, -0.15) is 0 Å². The first-order valence-corrected chi connectivity index (χ1v) is 12.7. The Kier molecular flexibility index (Phi) is 6.56. The number of nitro groups is 1. The van der Waals surface area contributed by atoms with Gasteiger partial charge in [-0.15, -0.1) is 0 Å². The van der Waals surface area contributed by atoms with E-state index in [1.54, 1.807) is 12.1 Å². The van der Waals surface area contributed by atoms with E-state index in [1.165, 1.54) is 31.4 Å². The fourth-order valence-electron chi connectivity index (χ4n) is 6.54. The zero-order valence-corrected chi connectivity index (χ0v) is 20.8. The molecule has 38 heavy (non-hydrogen) atoms. The number of phenols is 1. The van der Waals surface area contributed by atoms with Gasteiger partial charge >= 0.3 is 5.97 Å². The van der Waals surface area contributed by atoms with Gasteiger partial charge in [0.25, 0.3) is 5.69 Å². The number of fused-ring (bicyclic) bond motifs is 1. The Morgan fingerprint density at radius 3 is 2.53 bits per heavy atom. The van der Waals surface area contributed by atoms with Gasteiger partial charge in [0.15, 0.2) is 11.5 Å². The van der Waals surface area contributed by atoms with Gasteiger partial charge in [-0.1, -0.05) is 50.3 Å². The molecular formula is C27H29N3O8. The van der Waals surface area contributed by atoms with E-state index in [0.29, 0.717) is 0 Å². The van der Waals surface area contributed by atoms with E-state index in [4.69, 9.17) is 4.74 Å². The minimum Gasteiger partial charge on any atom is -0.504 e. The number of para-hydroxylation sites is 1. The summed E-state index contributed by atoms with van der Waals surface area (Å²) in [7, 11) is 1.38. The predicted molar refractivity (Wildman–Crippen MR) is 135 cm³/mol. The number of phenolic OH excluding ortho intramolecular Hbond substituents is 1. The second-order valence-electron chi connectivity index (χ2n) is 10.3. The molecule has 0 bridgehead atoms. The molecule has 3 fully saturated rings. The van der Waals surface area contributed by atoms with Crippen LogP contribution < -0.4 is 15.0 Å². The third kappa shape index (κ3) is 3.97. The number of hydrogen-bond donors (Lipinski definition) is 3. The van der Waals surface area contributed by atoms with Crippen molar-refractivity contribution < 1.29 is 34.3 Å². The number of aromatic hydroxyl groups is 1. The number of carbonyl (C=O) groups excluding carboxylic acids is 2. The summed E-state index contributed by atoms with van der Waals surface area (Å²) in [6, 6.07) is 8.89. The number of ether oxygens (including phenoxy) is 1. The van der Waals surface area contributed by atoms with Crippen molar-refractivity contribution in [3.05, 3.63) is 58.1 Å². The molecule has 11 heteroatoms. The summed E-state index contributed by atoms with van der Waals surface area (Å²) in [5, 5.41) is 36.1. The number of carboxylic acid groups (broad SMARTS) is 1. The Morgan fingerprint density at radius 1 is 1.16 bits per heavy atom. The zero-order valence-electron chi connectivity index (χ0n) is 20.8. The fourth-order valence-corrected chi connectivity index (χ4v) is 6.54. The number of benzene rings is 2. The normalized spacial score (nSPS) is 27.4. The molecule has 2 amide bonds. The van der Waals surface area contributed by atoms with Crippen molar-refractivity contribution in [2.75, 3.05) is 12.0 Å². The molecule has 1 saturated carbocycles. The van der Waals surface area contributed by atoms with Crippen LogP contribution in [0.5, 0.6) is 11.5 Å². The number of amides is 2. The van der Waals surface area contributed by atoms with Gasteiger partial charge in [-0.3, -0.25) is 29.8 Å². The van der Waals surface area contributed by atoms with Crippen molar-refractivity contribution in [2.45, 2.75) is 50.1 Å². The number of imide groups is 1. The molecule has 3 N–H and O–H groups in total. The summed E-state index contributed by atoms with van der Waals surface area (Å²) < 4.78 is 5.23. The maximum absolute atomic E-state index is 14.0. The molecule has 3 aliphatic rings. The van der Waals surface area contributed by atoms with Crippen LogP contribution in [0.4, 0.5) is 11.4 Å². The summed E-state index contributed by atoms with van der Waals surface area (Å²) in [5.41, 5.74) is -1.82. The van der Waals surface area contributed by atoms with Crippen molar-refractivity contribution in [2.24, 2.45) is 17.8 Å². The van der Waals surface area contributed by atoms with Crippen molar-refractivity contribution in [1.29, 1.82) is 0 Å². The lowest BCUT2D eigenvalue weighted by molar-refractivity contribution is -0.384. The molecule has 2 heterocycles. The van der Waals surface area contributed by atoms with E-state index in [-0.39, 0.29) is 40.8 Å². The number of carboxylic acids is 1. The second kappa shape index (κ2) is 9.71. The number of carbonyl (C=O) groups is 3. The van der Waals surface area contributed by atoms with Crippen LogP contribution in [0.3, 0.4) is 0 Å². The number of nitrogens with one attached hydrogen (secondary N) is 1. The Bertz CT molecular complexity index is 1310. The first-order valence-electron chi connectivity index (χ1n) is 12.7. The maximum Gasteiger partial charge on any atom is 0.324 e. The molecule has 2 aromatic carbocycles. The monoisotopic (exact) mass is 523 g/mol. The smallest absolute Gasteiger partial charge is 0.324 e. The van der Waals surface area contributed by atoms with Crippen LogP contribution in [-0.4, -0.2) is 45.6 Å². The maximum atomic E-state index is 14.0. The Labute approximate surface area is 218 Å². The summed E-state index contributed by atoms with van der Waals surface area (Å²) in [6.07, 6.45) is 4.77. The van der Waals surface area contributed by atoms with Gasteiger partial charge in [-0.05, 0) is 24.5 Å². The van der Waals surface area contributed by atoms with E-state index < -0.39 is 46.1 Å². The van der Waals surface area contributed by atoms with Crippen LogP contribution in [-0.2, 0) is 14.4 Å². The van der Waals surface area contributed by atoms with E-state index in [2.05, 4.69) is 5.32 Å². The highest BCUT2D eigenvalue weighted by atomic mass is 16.6. The molecular weight excluding hydrogens is 494 g/mol. The fraction of sp³-hybridized carbons (Fsp3) is 0.444. The van der Waals surface area contributed by atoms with Crippen LogP contribution in [0.1, 0.15) is 50.1 Å². The Hall–Kier alpha value is -3.99. The third-order valence-corrected chi connectivity index (χ3v) is 8.26. The van der Waals surface area contributed by atoms with Crippen LogP contribution >= 0.6 is 0 Å². The molecule has 4 unspecified atom stereocenters. The van der Waals surface area contributed by atoms with Gasteiger partial charge in [0.2, 0.25) is 11.8 Å². The predicted octanol–water partition coefficient (Wildman–Crippen LogP) is 3.55. The summed E-state index contributed by atoms with van der Waals surface area (Å²) in [6.45, 7) is 0. The van der Waals surface area contributed by atoms with E-state index in [1.807, 2.05) is 0 Å². The molecule has 0 spiro atoms. The molecule has 5 rings (SSSR count). The summed E-state index contributed by atoms with van der Waals surface area (Å²) in [4.78, 5) is 52.5. The standard InChI is InChI=1S/C27H29N3O8/c1-38-19-12-6-11-18(23(19)31)22-20-21(27(28-22,26(34)35)14-15-7-3-2-4-8-15)25(33)29(24(20)32)16-9-5-10-17(13-16)30(36)37/h5-6,9-13,15,20-22,28,31H,2-4,7-8,14H2,1H3,(H,34,35). The molecule has 11 nitrogen and oxygen atoms in total. The minimum absolute atomic E-state index is 0.00849. The zero-order chi connectivity index (χ0) is 27.2. The lowest BCUT2D eigenvalue weighted by Gasteiger charge is -2.35. The van der Waals surface area contributed by atoms with Gasteiger partial charge in [-0.25, -0.2) is 4.90 Å². The first-order chi connectivity index (χ1) is 18.2. The number of non-ortho nitro benzene ring substituents is 1. The number of aliphatic carboxylic acids is 1. The van der Waals surface area contributed by atoms with Crippen LogP contribution in [0.15, 0.2) is 42.5 Å². The van der Waals surface area contributed by atoms with Gasteiger partial charge in [0.05, 0.1) is 29.6 Å². The number of nitrogens with zero attached hydrogens (tertiary/aromatic N) is 2. The number of nitro benzene ring substituents is 1. The number of hydrogen-bond acceptors (Lipinski definition) is 8. The number of anilines is 1. The summed E-state index contributed by atoms with van der Waals surface area (Å²) in [5.74, 6) is -5.13. The Balaban J connectivity index is 1.65. The van der Waals surface area contributed by atoms with E-state index in [0.717, 1.165) is 43.1 Å². The molecule has 1 aliphatic carbocycles. The minimum atomic E-state index is -1.77. The largest absolute Gasteiger partial charge is 0.504 e. The number of rotatable bonds is 7. The van der Waals surface area contributed by atoms with Gasteiger partial charge < -0.3 is 14.9 Å². The molecule has 2 aliphatic heterocycles. The van der Waals surface area contributed by atoms with E-state index >= 15 is 0 Å². The van der Waals surface area contributed by atoms with Crippen molar-refractivity contribution in [3.63, 3.8) is 0 Å².